The van der Waals surface area contributed by atoms with Crippen LogP contribution in [0.2, 0.25) is 5.02 Å². The fourth-order valence-electron chi connectivity index (χ4n) is 4.10. The van der Waals surface area contributed by atoms with Crippen molar-refractivity contribution in [3.05, 3.63) is 92.5 Å². The molecule has 0 saturated heterocycles. The number of phenols is 1. The Bertz CT molecular complexity index is 1480. The largest absolute Gasteiger partial charge is 0.508 e. The molecule has 0 radical (unpaired) electrons. The average Bonchev–Trinajstić information content (AvgIpc) is 3.23. The maximum Gasteiger partial charge on any atom is 0.341 e. The van der Waals surface area contributed by atoms with Gasteiger partial charge in [-0.2, -0.15) is 0 Å². The number of halogens is 2. The van der Waals surface area contributed by atoms with Crippen LogP contribution in [0.1, 0.15) is 21.5 Å². The minimum atomic E-state index is -1.43. The Morgan fingerprint density at radius 1 is 1.06 bits per heavy atom. The van der Waals surface area contributed by atoms with E-state index in [1.54, 1.807) is 18.2 Å². The molecular weight excluding hydrogens is 435 g/mol. The van der Waals surface area contributed by atoms with Gasteiger partial charge in [0.05, 0.1) is 15.9 Å². The molecule has 0 fully saturated rings. The van der Waals surface area contributed by atoms with Gasteiger partial charge in [-0.25, -0.2) is 9.18 Å². The van der Waals surface area contributed by atoms with E-state index in [0.717, 1.165) is 23.7 Å². The average molecular weight is 451 g/mol. The van der Waals surface area contributed by atoms with Crippen LogP contribution in [0.4, 0.5) is 4.39 Å². The number of fused-ring (bicyclic) bond motifs is 2. The van der Waals surface area contributed by atoms with E-state index in [-0.39, 0.29) is 27.2 Å². The summed E-state index contributed by atoms with van der Waals surface area (Å²) in [5.41, 5.74) is 2.14. The summed E-state index contributed by atoms with van der Waals surface area (Å²) in [4.78, 5) is 24.5. The number of carbonyl (C=O) groups is 1. The van der Waals surface area contributed by atoms with E-state index in [2.05, 4.69) is 5.32 Å². The van der Waals surface area contributed by atoms with Gasteiger partial charge in [0, 0.05) is 30.5 Å². The van der Waals surface area contributed by atoms with Gasteiger partial charge in [-0.3, -0.25) is 4.79 Å². The smallest absolute Gasteiger partial charge is 0.341 e. The third-order valence-corrected chi connectivity index (χ3v) is 6.03. The lowest BCUT2D eigenvalue weighted by atomic mass is 9.98. The first kappa shape index (κ1) is 20.2. The van der Waals surface area contributed by atoms with Crippen molar-refractivity contribution in [3.63, 3.8) is 0 Å². The van der Waals surface area contributed by atoms with Crippen molar-refractivity contribution in [1.82, 2.24) is 9.88 Å². The number of aromatic hydroxyl groups is 1. The first-order chi connectivity index (χ1) is 15.3. The summed E-state index contributed by atoms with van der Waals surface area (Å²) in [6.45, 7) is 1.40. The second-order valence-corrected chi connectivity index (χ2v) is 7.97. The molecule has 1 aliphatic rings. The molecule has 3 N–H and O–H groups in total. The number of nitrogens with zero attached hydrogens (tertiary/aromatic N) is 1. The quantitative estimate of drug-likeness (QED) is 0.428. The first-order valence-electron chi connectivity index (χ1n) is 9.78. The summed E-state index contributed by atoms with van der Waals surface area (Å²) in [6.07, 6.45) is 1.17. The van der Waals surface area contributed by atoms with Gasteiger partial charge < -0.3 is 20.1 Å². The molecule has 0 unspecified atom stereocenters. The van der Waals surface area contributed by atoms with E-state index in [4.69, 9.17) is 11.6 Å². The van der Waals surface area contributed by atoms with Crippen molar-refractivity contribution in [2.45, 2.75) is 13.1 Å². The molecule has 0 bridgehead atoms. The zero-order valence-corrected chi connectivity index (χ0v) is 17.3. The van der Waals surface area contributed by atoms with Gasteiger partial charge >= 0.3 is 5.97 Å². The highest BCUT2D eigenvalue weighted by atomic mass is 35.5. The monoisotopic (exact) mass is 450 g/mol. The molecular formula is C24H16ClFN2O4. The van der Waals surface area contributed by atoms with E-state index < -0.39 is 22.8 Å². The van der Waals surface area contributed by atoms with Crippen molar-refractivity contribution in [3.8, 4) is 22.6 Å². The van der Waals surface area contributed by atoms with E-state index in [9.17, 15) is 19.8 Å². The fraction of sp³-hybridized carbons (Fsp3) is 0.0833. The highest BCUT2D eigenvalue weighted by Gasteiger charge is 2.23. The van der Waals surface area contributed by atoms with Gasteiger partial charge in [0.1, 0.15) is 17.1 Å². The maximum atomic E-state index is 15.3. The summed E-state index contributed by atoms with van der Waals surface area (Å²) in [7, 11) is 0. The van der Waals surface area contributed by atoms with Crippen LogP contribution in [-0.4, -0.2) is 20.7 Å². The first-order valence-corrected chi connectivity index (χ1v) is 10.2. The number of hydrogen-bond acceptors (Lipinski definition) is 4. The molecule has 0 amide bonds. The summed E-state index contributed by atoms with van der Waals surface area (Å²) in [5.74, 6) is -2.14. The van der Waals surface area contributed by atoms with Crippen LogP contribution in [0.3, 0.4) is 0 Å². The Morgan fingerprint density at radius 2 is 1.78 bits per heavy atom. The number of aromatic nitrogens is 1. The molecule has 4 aromatic rings. The Labute approximate surface area is 186 Å². The minimum absolute atomic E-state index is 0.00646. The van der Waals surface area contributed by atoms with Crippen LogP contribution in [0.5, 0.6) is 5.75 Å². The molecule has 1 aliphatic heterocycles. The topological polar surface area (TPSA) is 91.6 Å². The Morgan fingerprint density at radius 3 is 2.50 bits per heavy atom. The molecule has 0 saturated carbocycles. The van der Waals surface area contributed by atoms with E-state index in [1.165, 1.54) is 22.9 Å². The summed E-state index contributed by atoms with van der Waals surface area (Å²) < 4.78 is 16.7. The van der Waals surface area contributed by atoms with Crippen molar-refractivity contribution < 1.29 is 19.4 Å². The number of carboxylic acid groups (broad SMARTS) is 1. The summed E-state index contributed by atoms with van der Waals surface area (Å²) >= 11 is 6.71. The number of hydrogen-bond donors (Lipinski definition) is 3. The number of benzene rings is 3. The lowest BCUT2D eigenvalue weighted by molar-refractivity contribution is 0.0695. The normalized spacial score (nSPS) is 12.8. The molecule has 0 aliphatic carbocycles. The Hall–Kier alpha value is -3.68. The molecule has 32 heavy (non-hydrogen) atoms. The zero-order valence-electron chi connectivity index (χ0n) is 16.5. The van der Waals surface area contributed by atoms with Crippen LogP contribution in [0.25, 0.3) is 27.7 Å². The predicted octanol–water partition coefficient (Wildman–Crippen LogP) is 4.46. The molecule has 8 heteroatoms. The molecule has 160 valence electrons. The van der Waals surface area contributed by atoms with Crippen LogP contribution >= 0.6 is 11.6 Å². The van der Waals surface area contributed by atoms with E-state index in [1.807, 2.05) is 12.1 Å². The highest BCUT2D eigenvalue weighted by molar-refractivity contribution is 6.38. The molecule has 5 rings (SSSR count). The van der Waals surface area contributed by atoms with Gasteiger partial charge in [0.25, 0.3) is 0 Å². The maximum absolute atomic E-state index is 15.3. The highest BCUT2D eigenvalue weighted by Crippen LogP contribution is 2.38. The molecule has 6 nitrogen and oxygen atoms in total. The third kappa shape index (κ3) is 3.14. The number of nitrogens with one attached hydrogen (secondary N) is 1. The summed E-state index contributed by atoms with van der Waals surface area (Å²) in [6, 6.07) is 12.5. The lowest BCUT2D eigenvalue weighted by Crippen LogP contribution is -2.19. The standard InChI is InChI=1S/C24H16ClFN2O4/c25-21-20(12-1-2-13-9-27-10-14(13)7-12)19(26)8-17-22(21)28(11-18(23(17)30)24(31)32)15-3-5-16(29)6-4-15/h1-8,11,27,29H,9-10H2,(H,31,32). The Balaban J connectivity index is 1.87. The number of phenolic OH excluding ortho intramolecular Hbond substituents is 1. The lowest BCUT2D eigenvalue weighted by Gasteiger charge is -2.17. The van der Waals surface area contributed by atoms with Gasteiger partial charge in [-0.15, -0.1) is 0 Å². The number of aromatic carboxylic acids is 1. The van der Waals surface area contributed by atoms with Gasteiger partial charge in [-0.1, -0.05) is 23.7 Å². The Kier molecular flexibility index (Phi) is 4.73. The van der Waals surface area contributed by atoms with Crippen molar-refractivity contribution in [2.75, 3.05) is 0 Å². The van der Waals surface area contributed by atoms with Gasteiger partial charge in [-0.05, 0) is 53.1 Å². The van der Waals surface area contributed by atoms with E-state index >= 15 is 4.39 Å². The van der Waals surface area contributed by atoms with Crippen LogP contribution in [-0.2, 0) is 13.1 Å². The SMILES string of the molecule is O=C(O)c1cn(-c2ccc(O)cc2)c2c(Cl)c(-c3ccc4c(c3)CNC4)c(F)cc2c1=O. The molecule has 1 aromatic heterocycles. The van der Waals surface area contributed by atoms with E-state index in [0.29, 0.717) is 17.8 Å². The van der Waals surface area contributed by atoms with Crippen LogP contribution in [0, 0.1) is 5.82 Å². The van der Waals surface area contributed by atoms with Crippen molar-refractivity contribution in [1.29, 1.82) is 0 Å². The summed E-state index contributed by atoms with van der Waals surface area (Å²) in [5, 5.41) is 22.2. The van der Waals surface area contributed by atoms with Crippen molar-refractivity contribution in [2.24, 2.45) is 0 Å². The van der Waals surface area contributed by atoms with Crippen LogP contribution < -0.4 is 10.7 Å². The molecule has 0 atom stereocenters. The van der Waals surface area contributed by atoms with Crippen molar-refractivity contribution >= 4 is 28.5 Å². The van der Waals surface area contributed by atoms with Crippen LogP contribution in [0.15, 0.2) is 59.5 Å². The zero-order chi connectivity index (χ0) is 22.6. The molecule has 3 aromatic carbocycles. The number of carboxylic acids is 1. The fourth-order valence-corrected chi connectivity index (χ4v) is 4.49. The second-order valence-electron chi connectivity index (χ2n) is 7.59. The third-order valence-electron chi connectivity index (χ3n) is 5.66. The molecule has 2 heterocycles. The predicted molar refractivity (Wildman–Crippen MR) is 119 cm³/mol. The number of rotatable bonds is 3. The second kappa shape index (κ2) is 7.47. The minimum Gasteiger partial charge on any atom is -0.508 e. The molecule has 0 spiro atoms. The van der Waals surface area contributed by atoms with Gasteiger partial charge in [0.2, 0.25) is 5.43 Å². The van der Waals surface area contributed by atoms with Gasteiger partial charge in [0.15, 0.2) is 0 Å². The number of pyridine rings is 1.